The molecule has 0 radical (unpaired) electrons. The Morgan fingerprint density at radius 3 is 2.67 bits per heavy atom. The third-order valence-corrected chi connectivity index (χ3v) is 4.67. The molecule has 1 aliphatic carbocycles. The summed E-state index contributed by atoms with van der Waals surface area (Å²) in [6.07, 6.45) is 7.18. The van der Waals surface area contributed by atoms with Crippen LogP contribution in [0.15, 0.2) is 24.3 Å². The Balaban J connectivity index is 1.65. The zero-order valence-electron chi connectivity index (χ0n) is 11.3. The van der Waals surface area contributed by atoms with E-state index in [1.54, 1.807) is 7.11 Å². The van der Waals surface area contributed by atoms with Crippen LogP contribution in [0, 0.1) is 5.92 Å². The number of ether oxygens (including phenoxy) is 1. The fourth-order valence-electron chi connectivity index (χ4n) is 3.66. The molecule has 2 unspecified atom stereocenters. The molecule has 1 aromatic rings. The molecule has 0 aromatic heterocycles. The van der Waals surface area contributed by atoms with E-state index < -0.39 is 0 Å². The van der Waals surface area contributed by atoms with Crippen LogP contribution in [0.2, 0.25) is 0 Å². The molecule has 2 atom stereocenters. The van der Waals surface area contributed by atoms with Crippen LogP contribution in [-0.4, -0.2) is 24.6 Å². The summed E-state index contributed by atoms with van der Waals surface area (Å²) in [6.45, 7) is 2.41. The van der Waals surface area contributed by atoms with Crippen molar-refractivity contribution in [2.24, 2.45) is 5.92 Å². The van der Waals surface area contributed by atoms with Gasteiger partial charge in [0, 0.05) is 12.6 Å². The van der Waals surface area contributed by atoms with E-state index in [0.29, 0.717) is 0 Å². The monoisotopic (exact) mass is 245 g/mol. The van der Waals surface area contributed by atoms with Gasteiger partial charge in [-0.3, -0.25) is 4.90 Å². The van der Waals surface area contributed by atoms with Crippen LogP contribution in [0.1, 0.15) is 37.7 Å². The topological polar surface area (TPSA) is 12.5 Å². The van der Waals surface area contributed by atoms with Crippen molar-refractivity contribution < 1.29 is 4.74 Å². The van der Waals surface area contributed by atoms with Gasteiger partial charge in [0.2, 0.25) is 0 Å². The van der Waals surface area contributed by atoms with Gasteiger partial charge in [-0.15, -0.1) is 0 Å². The predicted molar refractivity (Wildman–Crippen MR) is 73.8 cm³/mol. The molecule has 0 N–H and O–H groups in total. The lowest BCUT2D eigenvalue weighted by Crippen LogP contribution is -2.34. The van der Waals surface area contributed by atoms with Crippen molar-refractivity contribution >= 4 is 0 Å². The summed E-state index contributed by atoms with van der Waals surface area (Å²) < 4.78 is 5.21. The summed E-state index contributed by atoms with van der Waals surface area (Å²) in [5.74, 6) is 1.94. The molecular formula is C16H23NO. The van der Waals surface area contributed by atoms with Crippen molar-refractivity contribution in [2.75, 3.05) is 13.7 Å². The van der Waals surface area contributed by atoms with Crippen molar-refractivity contribution in [3.63, 3.8) is 0 Å². The third-order valence-electron chi connectivity index (χ3n) is 4.67. The van der Waals surface area contributed by atoms with Crippen LogP contribution in [0.25, 0.3) is 0 Å². The van der Waals surface area contributed by atoms with Gasteiger partial charge in [0.1, 0.15) is 5.75 Å². The molecule has 0 amide bonds. The lowest BCUT2D eigenvalue weighted by atomic mass is 9.85. The molecule has 98 valence electrons. The number of hydrogen-bond donors (Lipinski definition) is 0. The first-order valence-electron chi connectivity index (χ1n) is 7.24. The first-order valence-corrected chi connectivity index (χ1v) is 7.24. The first kappa shape index (κ1) is 12.0. The van der Waals surface area contributed by atoms with Gasteiger partial charge in [-0.05, 0) is 49.4 Å². The Hall–Kier alpha value is -1.02. The second-order valence-corrected chi connectivity index (χ2v) is 5.72. The van der Waals surface area contributed by atoms with Crippen molar-refractivity contribution in [3.05, 3.63) is 29.8 Å². The van der Waals surface area contributed by atoms with Crippen LogP contribution in [-0.2, 0) is 6.54 Å². The minimum absolute atomic E-state index is 0.862. The minimum atomic E-state index is 0.862. The summed E-state index contributed by atoms with van der Waals surface area (Å²) in [5.41, 5.74) is 1.42. The molecule has 2 heteroatoms. The summed E-state index contributed by atoms with van der Waals surface area (Å²) in [4.78, 5) is 2.70. The van der Waals surface area contributed by atoms with Crippen LogP contribution in [0.5, 0.6) is 5.75 Å². The molecule has 1 aliphatic heterocycles. The summed E-state index contributed by atoms with van der Waals surface area (Å²) in [5, 5.41) is 0. The molecule has 2 fully saturated rings. The Morgan fingerprint density at radius 2 is 1.89 bits per heavy atom. The summed E-state index contributed by atoms with van der Waals surface area (Å²) >= 11 is 0. The number of methoxy groups -OCH3 is 1. The van der Waals surface area contributed by atoms with Gasteiger partial charge in [-0.1, -0.05) is 25.0 Å². The average Bonchev–Trinajstić information content (AvgIpc) is 2.83. The highest BCUT2D eigenvalue weighted by molar-refractivity contribution is 5.27. The first-order chi connectivity index (χ1) is 8.86. The van der Waals surface area contributed by atoms with Gasteiger partial charge in [-0.2, -0.15) is 0 Å². The van der Waals surface area contributed by atoms with E-state index in [1.807, 2.05) is 0 Å². The Morgan fingerprint density at radius 1 is 1.11 bits per heavy atom. The normalized spacial score (nSPS) is 28.1. The fourth-order valence-corrected chi connectivity index (χ4v) is 3.66. The Kier molecular flexibility index (Phi) is 3.55. The molecule has 3 rings (SSSR count). The number of benzene rings is 1. The van der Waals surface area contributed by atoms with Crippen molar-refractivity contribution in [1.29, 1.82) is 0 Å². The lowest BCUT2D eigenvalue weighted by Gasteiger charge is -2.31. The van der Waals surface area contributed by atoms with Crippen LogP contribution in [0.3, 0.4) is 0 Å². The number of likely N-dealkylation sites (tertiary alicyclic amines) is 1. The number of nitrogens with zero attached hydrogens (tertiary/aromatic N) is 1. The van der Waals surface area contributed by atoms with E-state index in [2.05, 4.69) is 29.2 Å². The van der Waals surface area contributed by atoms with E-state index in [0.717, 1.165) is 24.3 Å². The molecule has 0 bridgehead atoms. The Labute approximate surface area is 110 Å². The van der Waals surface area contributed by atoms with E-state index >= 15 is 0 Å². The van der Waals surface area contributed by atoms with E-state index in [4.69, 9.17) is 4.74 Å². The Bertz CT molecular complexity index is 387. The highest BCUT2D eigenvalue weighted by Gasteiger charge is 2.35. The second kappa shape index (κ2) is 5.31. The maximum Gasteiger partial charge on any atom is 0.118 e. The van der Waals surface area contributed by atoms with E-state index in [9.17, 15) is 0 Å². The van der Waals surface area contributed by atoms with Crippen molar-refractivity contribution in [2.45, 2.75) is 44.7 Å². The van der Waals surface area contributed by atoms with Crippen molar-refractivity contribution in [3.8, 4) is 5.75 Å². The highest BCUT2D eigenvalue weighted by atomic mass is 16.5. The highest BCUT2D eigenvalue weighted by Crippen LogP contribution is 2.36. The van der Waals surface area contributed by atoms with Gasteiger partial charge in [0.15, 0.2) is 0 Å². The lowest BCUT2D eigenvalue weighted by molar-refractivity contribution is 0.176. The van der Waals surface area contributed by atoms with Gasteiger partial charge in [0.05, 0.1) is 7.11 Å². The predicted octanol–water partition coefficient (Wildman–Crippen LogP) is 3.46. The van der Waals surface area contributed by atoms with Gasteiger partial charge >= 0.3 is 0 Å². The molecule has 1 aromatic carbocycles. The standard InChI is InChI=1S/C16H23NO/c1-18-15-8-6-13(7-9-15)12-17-11-10-14-4-2-3-5-16(14)17/h6-9,14,16H,2-5,10-12H2,1H3. The minimum Gasteiger partial charge on any atom is -0.497 e. The number of rotatable bonds is 3. The molecule has 0 spiro atoms. The number of hydrogen-bond acceptors (Lipinski definition) is 2. The molecule has 2 nitrogen and oxygen atoms in total. The van der Waals surface area contributed by atoms with Crippen LogP contribution in [0.4, 0.5) is 0 Å². The largest absolute Gasteiger partial charge is 0.497 e. The number of fused-ring (bicyclic) bond motifs is 1. The van der Waals surface area contributed by atoms with Gasteiger partial charge in [0.25, 0.3) is 0 Å². The summed E-state index contributed by atoms with van der Waals surface area (Å²) in [6, 6.07) is 9.41. The molecule has 1 saturated heterocycles. The molecular weight excluding hydrogens is 222 g/mol. The maximum absolute atomic E-state index is 5.21. The van der Waals surface area contributed by atoms with Crippen molar-refractivity contribution in [1.82, 2.24) is 4.90 Å². The van der Waals surface area contributed by atoms with E-state index in [-0.39, 0.29) is 0 Å². The molecule has 1 saturated carbocycles. The average molecular weight is 245 g/mol. The molecule has 18 heavy (non-hydrogen) atoms. The van der Waals surface area contributed by atoms with Crippen LogP contribution >= 0.6 is 0 Å². The van der Waals surface area contributed by atoms with Gasteiger partial charge in [-0.25, -0.2) is 0 Å². The fraction of sp³-hybridized carbons (Fsp3) is 0.625. The maximum atomic E-state index is 5.21. The van der Waals surface area contributed by atoms with E-state index in [1.165, 1.54) is 44.2 Å². The molecule has 2 aliphatic rings. The van der Waals surface area contributed by atoms with Crippen LogP contribution < -0.4 is 4.74 Å². The zero-order chi connectivity index (χ0) is 12.4. The molecule has 1 heterocycles. The van der Waals surface area contributed by atoms with Gasteiger partial charge < -0.3 is 4.74 Å². The quantitative estimate of drug-likeness (QED) is 0.808. The smallest absolute Gasteiger partial charge is 0.118 e. The zero-order valence-corrected chi connectivity index (χ0v) is 11.3. The SMILES string of the molecule is COc1ccc(CN2CCC3CCCCC32)cc1. The summed E-state index contributed by atoms with van der Waals surface area (Å²) in [7, 11) is 1.72. The third kappa shape index (κ3) is 2.39. The second-order valence-electron chi connectivity index (χ2n) is 5.72.